The van der Waals surface area contributed by atoms with E-state index < -0.39 is 0 Å². The second-order valence-corrected chi connectivity index (χ2v) is 5.44. The maximum atomic E-state index is 5.96. The van der Waals surface area contributed by atoms with Crippen LogP contribution in [0.25, 0.3) is 0 Å². The van der Waals surface area contributed by atoms with Gasteiger partial charge in [-0.3, -0.25) is 0 Å². The van der Waals surface area contributed by atoms with E-state index in [1.165, 1.54) is 5.56 Å². The highest BCUT2D eigenvalue weighted by atomic mass is 35.5. The average Bonchev–Trinajstić information content (AvgIpc) is 2.53. The second-order valence-electron chi connectivity index (χ2n) is 5.01. The quantitative estimate of drug-likeness (QED) is 0.775. The van der Waals surface area contributed by atoms with Gasteiger partial charge in [0.1, 0.15) is 5.75 Å². The summed E-state index contributed by atoms with van der Waals surface area (Å²) in [5, 5.41) is 4.20. The van der Waals surface area contributed by atoms with Crippen molar-refractivity contribution in [3.63, 3.8) is 0 Å². The molecule has 0 saturated heterocycles. The Balaban J connectivity index is 1.91. The summed E-state index contributed by atoms with van der Waals surface area (Å²) in [6.07, 6.45) is 0.976. The van der Waals surface area contributed by atoms with Crippen molar-refractivity contribution in [2.24, 2.45) is 0 Å². The highest BCUT2D eigenvalue weighted by Crippen LogP contribution is 2.22. The molecule has 0 saturated carbocycles. The van der Waals surface area contributed by atoms with Crippen molar-refractivity contribution in [1.29, 1.82) is 0 Å². The van der Waals surface area contributed by atoms with Gasteiger partial charge in [-0.1, -0.05) is 48.9 Å². The van der Waals surface area contributed by atoms with E-state index in [1.807, 2.05) is 42.5 Å². The average molecular weight is 304 g/mol. The number of halogens is 1. The van der Waals surface area contributed by atoms with Gasteiger partial charge in [-0.2, -0.15) is 0 Å². The molecule has 2 aromatic rings. The zero-order valence-electron chi connectivity index (χ0n) is 12.4. The summed E-state index contributed by atoms with van der Waals surface area (Å²) in [6, 6.07) is 18.1. The Kier molecular flexibility index (Phi) is 6.58. The number of benzene rings is 2. The molecule has 21 heavy (non-hydrogen) atoms. The van der Waals surface area contributed by atoms with Crippen LogP contribution in [0.2, 0.25) is 5.02 Å². The van der Waals surface area contributed by atoms with Gasteiger partial charge in [0.25, 0.3) is 0 Å². The van der Waals surface area contributed by atoms with Crippen LogP contribution in [0.4, 0.5) is 0 Å². The first kappa shape index (κ1) is 15.9. The third-order valence-electron chi connectivity index (χ3n) is 3.46. The molecule has 0 spiro atoms. The number of nitrogens with one attached hydrogen (secondary N) is 1. The molecule has 0 bridgehead atoms. The first-order valence-electron chi connectivity index (χ1n) is 7.43. The summed E-state index contributed by atoms with van der Waals surface area (Å²) in [6.45, 7) is 4.77. The molecule has 0 heterocycles. The Bertz CT molecular complexity index is 513. The molecule has 0 amide bonds. The largest absolute Gasteiger partial charge is 0.494 e. The number of ether oxygens (including phenoxy) is 1. The maximum Gasteiger partial charge on any atom is 0.119 e. The fourth-order valence-corrected chi connectivity index (χ4v) is 2.40. The highest BCUT2D eigenvalue weighted by molar-refractivity contribution is 6.30. The Labute approximate surface area is 132 Å². The fraction of sp³-hybridized carbons (Fsp3) is 0.333. The van der Waals surface area contributed by atoms with Gasteiger partial charge >= 0.3 is 0 Å². The highest BCUT2D eigenvalue weighted by Gasteiger charge is 2.11. The zero-order chi connectivity index (χ0) is 14.9. The van der Waals surface area contributed by atoms with Crippen molar-refractivity contribution in [3.8, 4) is 5.75 Å². The van der Waals surface area contributed by atoms with Crippen LogP contribution in [0.1, 0.15) is 24.8 Å². The van der Waals surface area contributed by atoms with Gasteiger partial charge in [0, 0.05) is 11.6 Å². The van der Waals surface area contributed by atoms with Crippen LogP contribution in [0.15, 0.2) is 54.6 Å². The predicted octanol–water partition coefficient (Wildman–Crippen LogP) is 4.50. The van der Waals surface area contributed by atoms with Crippen LogP contribution < -0.4 is 10.1 Å². The molecule has 2 nitrogen and oxygen atoms in total. The lowest BCUT2D eigenvalue weighted by atomic mass is 9.96. The summed E-state index contributed by atoms with van der Waals surface area (Å²) in [5.74, 6) is 1.36. The van der Waals surface area contributed by atoms with Crippen LogP contribution in [-0.4, -0.2) is 19.7 Å². The monoisotopic (exact) mass is 303 g/mol. The Hall–Kier alpha value is -1.51. The summed E-state index contributed by atoms with van der Waals surface area (Å²) < 4.78 is 5.81. The van der Waals surface area contributed by atoms with Crippen LogP contribution >= 0.6 is 11.6 Å². The van der Waals surface area contributed by atoms with Gasteiger partial charge in [-0.05, 0) is 48.7 Å². The number of hydrogen-bond donors (Lipinski definition) is 1. The molecule has 0 aliphatic heterocycles. The van der Waals surface area contributed by atoms with E-state index in [0.29, 0.717) is 12.5 Å². The third-order valence-corrected chi connectivity index (χ3v) is 3.71. The number of hydrogen-bond acceptors (Lipinski definition) is 2. The molecular weight excluding hydrogens is 282 g/mol. The molecular formula is C18H22ClNO. The van der Waals surface area contributed by atoms with E-state index in [4.69, 9.17) is 16.3 Å². The van der Waals surface area contributed by atoms with E-state index in [1.54, 1.807) is 0 Å². The molecule has 1 atom stereocenters. The first-order valence-corrected chi connectivity index (χ1v) is 7.81. The minimum Gasteiger partial charge on any atom is -0.494 e. The van der Waals surface area contributed by atoms with Gasteiger partial charge in [-0.25, -0.2) is 0 Å². The second kappa shape index (κ2) is 8.71. The van der Waals surface area contributed by atoms with E-state index >= 15 is 0 Å². The van der Waals surface area contributed by atoms with Crippen LogP contribution in [-0.2, 0) is 0 Å². The summed E-state index contributed by atoms with van der Waals surface area (Å²) in [5.41, 5.74) is 1.30. The molecule has 0 radical (unpaired) electrons. The third kappa shape index (κ3) is 5.41. The number of para-hydroxylation sites is 1. The summed E-state index contributed by atoms with van der Waals surface area (Å²) >= 11 is 5.96. The van der Waals surface area contributed by atoms with E-state index in [2.05, 4.69) is 24.4 Å². The lowest BCUT2D eigenvalue weighted by molar-refractivity contribution is 0.295. The van der Waals surface area contributed by atoms with E-state index in [-0.39, 0.29) is 0 Å². The van der Waals surface area contributed by atoms with Crippen molar-refractivity contribution in [1.82, 2.24) is 5.32 Å². The van der Waals surface area contributed by atoms with Crippen LogP contribution in [0.5, 0.6) is 5.75 Å². The standard InChI is InChI=1S/C18H22ClNO/c1-2-20-14-16(15-8-10-17(19)11-9-15)12-13-21-18-6-4-3-5-7-18/h3-11,16,20H,2,12-14H2,1H3. The summed E-state index contributed by atoms with van der Waals surface area (Å²) in [7, 11) is 0. The van der Waals surface area contributed by atoms with Gasteiger partial charge < -0.3 is 10.1 Å². The normalized spacial score (nSPS) is 12.1. The van der Waals surface area contributed by atoms with Crippen LogP contribution in [0.3, 0.4) is 0 Å². The zero-order valence-corrected chi connectivity index (χ0v) is 13.1. The molecule has 1 unspecified atom stereocenters. The molecule has 3 heteroatoms. The summed E-state index contributed by atoms with van der Waals surface area (Å²) in [4.78, 5) is 0. The van der Waals surface area contributed by atoms with E-state index in [0.717, 1.165) is 30.3 Å². The molecule has 0 aromatic heterocycles. The molecule has 2 rings (SSSR count). The lowest BCUT2D eigenvalue weighted by Gasteiger charge is -2.18. The molecule has 0 aliphatic carbocycles. The maximum absolute atomic E-state index is 5.96. The van der Waals surface area contributed by atoms with Crippen molar-refractivity contribution in [3.05, 3.63) is 65.2 Å². The van der Waals surface area contributed by atoms with Gasteiger partial charge in [0.05, 0.1) is 6.61 Å². The number of rotatable bonds is 8. The Morgan fingerprint density at radius 1 is 1.05 bits per heavy atom. The predicted molar refractivity (Wildman–Crippen MR) is 89.3 cm³/mol. The minimum atomic E-state index is 0.436. The number of likely N-dealkylation sites (N-methyl/N-ethyl adjacent to an activating group) is 1. The SMILES string of the molecule is CCNCC(CCOc1ccccc1)c1ccc(Cl)cc1. The van der Waals surface area contributed by atoms with Gasteiger partial charge in [0.2, 0.25) is 0 Å². The molecule has 1 N–H and O–H groups in total. The fourth-order valence-electron chi connectivity index (χ4n) is 2.28. The van der Waals surface area contributed by atoms with Crippen molar-refractivity contribution < 1.29 is 4.74 Å². The minimum absolute atomic E-state index is 0.436. The van der Waals surface area contributed by atoms with Crippen molar-refractivity contribution in [2.45, 2.75) is 19.3 Å². The Morgan fingerprint density at radius 2 is 1.76 bits per heavy atom. The molecule has 0 fully saturated rings. The topological polar surface area (TPSA) is 21.3 Å². The Morgan fingerprint density at radius 3 is 2.43 bits per heavy atom. The van der Waals surface area contributed by atoms with Gasteiger partial charge in [-0.15, -0.1) is 0 Å². The van der Waals surface area contributed by atoms with Gasteiger partial charge in [0.15, 0.2) is 0 Å². The smallest absolute Gasteiger partial charge is 0.119 e. The molecule has 112 valence electrons. The lowest BCUT2D eigenvalue weighted by Crippen LogP contribution is -2.22. The first-order chi connectivity index (χ1) is 10.3. The van der Waals surface area contributed by atoms with Crippen LogP contribution in [0, 0.1) is 0 Å². The van der Waals surface area contributed by atoms with Crippen molar-refractivity contribution in [2.75, 3.05) is 19.7 Å². The van der Waals surface area contributed by atoms with E-state index in [9.17, 15) is 0 Å². The van der Waals surface area contributed by atoms with Crippen molar-refractivity contribution >= 4 is 11.6 Å². The molecule has 2 aromatic carbocycles. The molecule has 0 aliphatic rings.